The van der Waals surface area contributed by atoms with Crippen LogP contribution in [0.4, 0.5) is 5.69 Å². The van der Waals surface area contributed by atoms with Gasteiger partial charge in [-0.1, -0.05) is 6.07 Å². The van der Waals surface area contributed by atoms with Gasteiger partial charge in [-0.2, -0.15) is 0 Å². The van der Waals surface area contributed by atoms with Crippen molar-refractivity contribution >= 4 is 33.5 Å². The van der Waals surface area contributed by atoms with Crippen molar-refractivity contribution in [2.45, 2.75) is 36.6 Å². The number of amides is 2. The zero-order valence-electron chi connectivity index (χ0n) is 14.6. The number of piperidine rings is 1. The fraction of sp³-hybridized carbons (Fsp3) is 0.471. The van der Waals surface area contributed by atoms with Gasteiger partial charge in [-0.05, 0) is 37.5 Å². The van der Waals surface area contributed by atoms with E-state index >= 15 is 0 Å². The number of hydrogen-bond acceptors (Lipinski definition) is 5. The van der Waals surface area contributed by atoms with Crippen LogP contribution in [0.15, 0.2) is 29.2 Å². The van der Waals surface area contributed by atoms with Crippen LogP contribution in [0, 0.1) is 5.92 Å². The van der Waals surface area contributed by atoms with Crippen molar-refractivity contribution in [1.29, 1.82) is 0 Å². The predicted octanol–water partition coefficient (Wildman–Crippen LogP) is 0.153. The van der Waals surface area contributed by atoms with E-state index in [2.05, 4.69) is 0 Å². The van der Waals surface area contributed by atoms with Crippen molar-refractivity contribution in [2.75, 3.05) is 18.0 Å². The standard InChI is InChI=1S/C17H21N3O6S/c18-27(25,26)13-5-3-4-12(9-13)20-10-11(8-15(20)21)16(22)19-7-2-1-6-14(19)17(23)24/h3-5,9,11,14H,1-2,6-8,10H2,(H,23,24)(H2,18,25,26). The van der Waals surface area contributed by atoms with Crippen LogP contribution in [0.3, 0.4) is 0 Å². The maximum Gasteiger partial charge on any atom is 0.326 e. The zero-order valence-corrected chi connectivity index (χ0v) is 15.4. The fourth-order valence-electron chi connectivity index (χ4n) is 3.64. The van der Waals surface area contributed by atoms with E-state index in [4.69, 9.17) is 5.14 Å². The average molecular weight is 395 g/mol. The summed E-state index contributed by atoms with van der Waals surface area (Å²) in [5.41, 5.74) is 0.343. The molecule has 0 radical (unpaired) electrons. The smallest absolute Gasteiger partial charge is 0.326 e. The van der Waals surface area contributed by atoms with Crippen molar-refractivity contribution in [3.8, 4) is 0 Å². The van der Waals surface area contributed by atoms with Crippen molar-refractivity contribution in [1.82, 2.24) is 4.90 Å². The molecule has 2 aliphatic heterocycles. The first-order valence-electron chi connectivity index (χ1n) is 8.65. The maximum atomic E-state index is 12.8. The zero-order chi connectivity index (χ0) is 19.8. The van der Waals surface area contributed by atoms with Crippen molar-refractivity contribution in [3.05, 3.63) is 24.3 Å². The van der Waals surface area contributed by atoms with Gasteiger partial charge < -0.3 is 14.9 Å². The van der Waals surface area contributed by atoms with Gasteiger partial charge in [-0.25, -0.2) is 18.4 Å². The van der Waals surface area contributed by atoms with E-state index in [0.29, 0.717) is 18.7 Å². The number of anilines is 1. The number of carboxylic acids is 1. The molecule has 2 unspecified atom stereocenters. The molecule has 2 fully saturated rings. The Bertz CT molecular complexity index is 884. The van der Waals surface area contributed by atoms with Crippen LogP contribution in [0.1, 0.15) is 25.7 Å². The number of nitrogens with two attached hydrogens (primary N) is 1. The minimum Gasteiger partial charge on any atom is -0.480 e. The van der Waals surface area contributed by atoms with Gasteiger partial charge in [0.15, 0.2) is 0 Å². The summed E-state index contributed by atoms with van der Waals surface area (Å²) in [4.78, 5) is 39.2. The molecule has 1 aromatic rings. The van der Waals surface area contributed by atoms with Crippen LogP contribution < -0.4 is 10.0 Å². The molecule has 2 atom stereocenters. The number of nitrogens with zero attached hydrogens (tertiary/aromatic N) is 2. The molecule has 3 N–H and O–H groups in total. The number of likely N-dealkylation sites (tertiary alicyclic amines) is 1. The van der Waals surface area contributed by atoms with E-state index < -0.39 is 28.0 Å². The molecule has 2 aliphatic rings. The number of primary sulfonamides is 1. The molecule has 2 saturated heterocycles. The molecule has 0 bridgehead atoms. The lowest BCUT2D eigenvalue weighted by Crippen LogP contribution is -2.50. The maximum absolute atomic E-state index is 12.8. The van der Waals surface area contributed by atoms with Gasteiger partial charge in [0.25, 0.3) is 0 Å². The summed E-state index contributed by atoms with van der Waals surface area (Å²) in [5, 5.41) is 14.5. The third kappa shape index (κ3) is 3.96. The first kappa shape index (κ1) is 19.3. The lowest BCUT2D eigenvalue weighted by molar-refractivity contribution is -0.153. The number of rotatable bonds is 4. The molecule has 146 valence electrons. The third-order valence-electron chi connectivity index (χ3n) is 5.00. The highest BCUT2D eigenvalue weighted by Crippen LogP contribution is 2.29. The lowest BCUT2D eigenvalue weighted by atomic mass is 9.98. The Balaban J connectivity index is 1.79. The van der Waals surface area contributed by atoms with Crippen LogP contribution >= 0.6 is 0 Å². The first-order chi connectivity index (χ1) is 12.7. The number of carbonyl (C=O) groups is 3. The molecular formula is C17H21N3O6S. The van der Waals surface area contributed by atoms with Crippen LogP contribution in [-0.2, 0) is 24.4 Å². The molecular weight excluding hydrogens is 374 g/mol. The Hall–Kier alpha value is -2.46. The van der Waals surface area contributed by atoms with E-state index in [1.807, 2.05) is 0 Å². The third-order valence-corrected chi connectivity index (χ3v) is 5.91. The number of hydrogen-bond donors (Lipinski definition) is 2. The quantitative estimate of drug-likeness (QED) is 0.744. The van der Waals surface area contributed by atoms with E-state index in [9.17, 15) is 27.9 Å². The summed E-state index contributed by atoms with van der Waals surface area (Å²) in [6.45, 7) is 0.440. The summed E-state index contributed by atoms with van der Waals surface area (Å²) < 4.78 is 23.0. The van der Waals surface area contributed by atoms with Gasteiger partial charge in [0.1, 0.15) is 6.04 Å². The summed E-state index contributed by atoms with van der Waals surface area (Å²) in [6.07, 6.45) is 1.84. The molecule has 9 nitrogen and oxygen atoms in total. The van der Waals surface area contributed by atoms with E-state index in [-0.39, 0.29) is 29.7 Å². The van der Waals surface area contributed by atoms with Crippen LogP contribution in [0.5, 0.6) is 0 Å². The highest BCUT2D eigenvalue weighted by Gasteiger charge is 2.41. The van der Waals surface area contributed by atoms with Gasteiger partial charge in [0, 0.05) is 25.2 Å². The number of benzene rings is 1. The van der Waals surface area contributed by atoms with E-state index in [1.54, 1.807) is 6.07 Å². The van der Waals surface area contributed by atoms with Gasteiger partial charge in [-0.3, -0.25) is 9.59 Å². The molecule has 2 amide bonds. The Morgan fingerprint density at radius 2 is 1.96 bits per heavy atom. The first-order valence-corrected chi connectivity index (χ1v) is 10.2. The molecule has 0 saturated carbocycles. The van der Waals surface area contributed by atoms with Crippen molar-refractivity contribution < 1.29 is 27.9 Å². The van der Waals surface area contributed by atoms with Crippen LogP contribution in [-0.4, -0.2) is 55.3 Å². The minimum atomic E-state index is -3.91. The number of carbonyl (C=O) groups excluding carboxylic acids is 2. The molecule has 10 heteroatoms. The van der Waals surface area contributed by atoms with Crippen molar-refractivity contribution in [3.63, 3.8) is 0 Å². The number of aliphatic carboxylic acids is 1. The Kier molecular flexibility index (Phi) is 5.20. The Morgan fingerprint density at radius 3 is 2.63 bits per heavy atom. The fourth-order valence-corrected chi connectivity index (χ4v) is 4.19. The second-order valence-corrected chi connectivity index (χ2v) is 8.39. The molecule has 0 spiro atoms. The van der Waals surface area contributed by atoms with Gasteiger partial charge in [-0.15, -0.1) is 0 Å². The topological polar surface area (TPSA) is 138 Å². The average Bonchev–Trinajstić information content (AvgIpc) is 3.02. The molecule has 0 aliphatic carbocycles. The van der Waals surface area contributed by atoms with Gasteiger partial charge in [0.2, 0.25) is 21.8 Å². The number of sulfonamides is 1. The van der Waals surface area contributed by atoms with E-state index in [0.717, 1.165) is 12.8 Å². The molecule has 1 aromatic carbocycles. The van der Waals surface area contributed by atoms with Crippen molar-refractivity contribution in [2.24, 2.45) is 11.1 Å². The SMILES string of the molecule is NS(=O)(=O)c1cccc(N2CC(C(=O)N3CCCCC3C(=O)O)CC2=O)c1. The van der Waals surface area contributed by atoms with Gasteiger partial charge in [0.05, 0.1) is 10.8 Å². The molecule has 27 heavy (non-hydrogen) atoms. The lowest BCUT2D eigenvalue weighted by Gasteiger charge is -2.34. The monoisotopic (exact) mass is 395 g/mol. The Labute approximate surface area is 156 Å². The normalized spacial score (nSPS) is 23.5. The summed E-state index contributed by atoms with van der Waals surface area (Å²) in [5.74, 6) is -2.36. The second kappa shape index (κ2) is 7.28. The van der Waals surface area contributed by atoms with Crippen LogP contribution in [0.25, 0.3) is 0 Å². The molecule has 3 rings (SSSR count). The predicted molar refractivity (Wildman–Crippen MR) is 95.3 cm³/mol. The largest absolute Gasteiger partial charge is 0.480 e. The second-order valence-electron chi connectivity index (χ2n) is 6.83. The minimum absolute atomic E-state index is 0.0404. The highest BCUT2D eigenvalue weighted by molar-refractivity contribution is 7.89. The molecule has 2 heterocycles. The summed E-state index contributed by atoms with van der Waals surface area (Å²) >= 11 is 0. The van der Waals surface area contributed by atoms with E-state index in [1.165, 1.54) is 28.0 Å². The Morgan fingerprint density at radius 1 is 1.22 bits per heavy atom. The number of carboxylic acid groups (broad SMARTS) is 1. The highest BCUT2D eigenvalue weighted by atomic mass is 32.2. The summed E-state index contributed by atoms with van der Waals surface area (Å²) in [7, 11) is -3.91. The summed E-state index contributed by atoms with van der Waals surface area (Å²) in [6, 6.07) is 4.80. The van der Waals surface area contributed by atoms with Gasteiger partial charge >= 0.3 is 5.97 Å². The van der Waals surface area contributed by atoms with Crippen LogP contribution in [0.2, 0.25) is 0 Å². The molecule has 0 aromatic heterocycles.